The summed E-state index contributed by atoms with van der Waals surface area (Å²) >= 11 is 0. The SMILES string of the molecule is CCCCCC1COC(C2CCCCC2CCC)CO1.c1cc2ccc1=2. The van der Waals surface area contributed by atoms with E-state index in [-0.39, 0.29) is 0 Å². The second kappa shape index (κ2) is 10.5. The molecule has 4 atom stereocenters. The van der Waals surface area contributed by atoms with E-state index in [1.165, 1.54) is 74.6 Å². The van der Waals surface area contributed by atoms with Crippen LogP contribution in [-0.4, -0.2) is 25.4 Å². The molecule has 4 aliphatic rings. The molecule has 0 radical (unpaired) electrons. The number of hydrogen-bond donors (Lipinski definition) is 0. The number of hydrogen-bond acceptors (Lipinski definition) is 2. The molecule has 26 heavy (non-hydrogen) atoms. The van der Waals surface area contributed by atoms with E-state index < -0.39 is 0 Å². The Morgan fingerprint density at radius 3 is 2.08 bits per heavy atom. The molecule has 4 unspecified atom stereocenters. The van der Waals surface area contributed by atoms with E-state index in [0.717, 1.165) is 25.0 Å². The second-order valence-electron chi connectivity index (χ2n) is 8.40. The number of rotatable bonds is 7. The van der Waals surface area contributed by atoms with E-state index in [1.54, 1.807) is 0 Å². The van der Waals surface area contributed by atoms with Crippen LogP contribution in [0.25, 0.3) is 0 Å². The van der Waals surface area contributed by atoms with Gasteiger partial charge in [0.2, 0.25) is 0 Å². The van der Waals surface area contributed by atoms with Gasteiger partial charge in [0, 0.05) is 0 Å². The molecule has 1 heterocycles. The van der Waals surface area contributed by atoms with Crippen molar-refractivity contribution in [2.75, 3.05) is 13.2 Å². The van der Waals surface area contributed by atoms with Gasteiger partial charge >= 0.3 is 0 Å². The maximum Gasteiger partial charge on any atom is 0.0840 e. The first-order valence-corrected chi connectivity index (χ1v) is 11.2. The first-order chi connectivity index (χ1) is 12.8. The topological polar surface area (TPSA) is 18.5 Å². The standard InChI is InChI=1S/C18H34O2.C6H4/c1-3-5-6-11-16-13-20-18(14-19-16)17-12-8-7-10-15(17)9-4-2;1-2-6-4-3-5(1)6/h15-18H,3-14H2,1-2H3;1-4H. The molecule has 0 aromatic carbocycles. The van der Waals surface area contributed by atoms with E-state index >= 15 is 0 Å². The molecule has 0 aromatic rings. The smallest absolute Gasteiger partial charge is 0.0840 e. The summed E-state index contributed by atoms with van der Waals surface area (Å²) in [6.07, 6.45) is 14.1. The van der Waals surface area contributed by atoms with E-state index in [0.29, 0.717) is 12.2 Å². The van der Waals surface area contributed by atoms with Gasteiger partial charge in [-0.25, -0.2) is 0 Å². The average Bonchev–Trinajstić information content (AvgIpc) is 2.67. The van der Waals surface area contributed by atoms with Crippen LogP contribution in [0.5, 0.6) is 0 Å². The minimum atomic E-state index is 0.367. The molecule has 2 fully saturated rings. The number of benzene rings is 1. The summed E-state index contributed by atoms with van der Waals surface area (Å²) in [7, 11) is 0. The van der Waals surface area contributed by atoms with Crippen LogP contribution in [0.1, 0.15) is 78.1 Å². The Morgan fingerprint density at radius 1 is 0.808 bits per heavy atom. The molecule has 1 saturated carbocycles. The van der Waals surface area contributed by atoms with Crippen LogP contribution in [-0.2, 0) is 9.47 Å². The van der Waals surface area contributed by atoms with Crippen LogP contribution < -0.4 is 0 Å². The summed E-state index contributed by atoms with van der Waals surface area (Å²) in [6.45, 7) is 6.25. The third-order valence-corrected chi connectivity index (χ3v) is 6.45. The Bertz CT molecular complexity index is 551. The molecule has 2 nitrogen and oxygen atoms in total. The molecular weight excluding hydrogens is 320 g/mol. The molecule has 0 amide bonds. The van der Waals surface area contributed by atoms with Gasteiger partial charge in [-0.3, -0.25) is 0 Å². The fraction of sp³-hybridized carbons (Fsp3) is 0.750. The number of ether oxygens (including phenoxy) is 2. The van der Waals surface area contributed by atoms with Crippen molar-refractivity contribution in [2.45, 2.75) is 90.3 Å². The van der Waals surface area contributed by atoms with Crippen molar-refractivity contribution in [1.29, 1.82) is 0 Å². The van der Waals surface area contributed by atoms with E-state index in [9.17, 15) is 0 Å². The van der Waals surface area contributed by atoms with Crippen LogP contribution in [0.2, 0.25) is 0 Å². The number of unbranched alkanes of at least 4 members (excludes halogenated alkanes) is 2. The summed E-state index contributed by atoms with van der Waals surface area (Å²) in [4.78, 5) is 0. The maximum absolute atomic E-state index is 6.21. The average molecular weight is 359 g/mol. The second-order valence-corrected chi connectivity index (χ2v) is 8.40. The third-order valence-electron chi connectivity index (χ3n) is 6.45. The molecule has 2 heteroatoms. The first kappa shape index (κ1) is 19.9. The fourth-order valence-electron chi connectivity index (χ4n) is 4.71. The van der Waals surface area contributed by atoms with Gasteiger partial charge in [0.05, 0.1) is 25.4 Å². The highest BCUT2D eigenvalue weighted by Gasteiger charge is 2.34. The van der Waals surface area contributed by atoms with Crippen molar-refractivity contribution in [1.82, 2.24) is 0 Å². The largest absolute Gasteiger partial charge is 0.373 e. The van der Waals surface area contributed by atoms with E-state index in [4.69, 9.17) is 9.47 Å². The molecule has 0 bridgehead atoms. The Hall–Kier alpha value is -0.860. The van der Waals surface area contributed by atoms with Crippen LogP contribution in [0.15, 0.2) is 24.3 Å². The molecule has 1 saturated heterocycles. The minimum Gasteiger partial charge on any atom is -0.373 e. The van der Waals surface area contributed by atoms with Crippen molar-refractivity contribution in [3.8, 4) is 0 Å². The van der Waals surface area contributed by atoms with Crippen molar-refractivity contribution in [3.63, 3.8) is 0 Å². The highest BCUT2D eigenvalue weighted by Crippen LogP contribution is 2.37. The normalized spacial score (nSPS) is 29.6. The molecule has 4 rings (SSSR count). The summed E-state index contributed by atoms with van der Waals surface area (Å²) < 4.78 is 12.3. The molecular formula is C24H38O2. The van der Waals surface area contributed by atoms with Gasteiger partial charge in [-0.05, 0) is 35.1 Å². The predicted molar refractivity (Wildman–Crippen MR) is 108 cm³/mol. The zero-order chi connectivity index (χ0) is 18.2. The Kier molecular flexibility index (Phi) is 8.01. The van der Waals surface area contributed by atoms with Gasteiger partial charge in [0.1, 0.15) is 0 Å². The van der Waals surface area contributed by atoms with Gasteiger partial charge in [-0.1, -0.05) is 89.5 Å². The zero-order valence-corrected chi connectivity index (χ0v) is 16.9. The maximum atomic E-state index is 6.21. The van der Waals surface area contributed by atoms with Crippen molar-refractivity contribution < 1.29 is 9.47 Å². The third kappa shape index (κ3) is 5.33. The van der Waals surface area contributed by atoms with E-state index in [2.05, 4.69) is 38.1 Å². The lowest BCUT2D eigenvalue weighted by Gasteiger charge is -2.40. The van der Waals surface area contributed by atoms with Crippen LogP contribution in [0.4, 0.5) is 0 Å². The molecule has 0 spiro atoms. The molecule has 3 aliphatic carbocycles. The van der Waals surface area contributed by atoms with Gasteiger partial charge < -0.3 is 9.47 Å². The van der Waals surface area contributed by atoms with Crippen LogP contribution in [0.3, 0.4) is 0 Å². The first-order valence-electron chi connectivity index (χ1n) is 11.2. The Morgan fingerprint density at radius 2 is 1.54 bits per heavy atom. The molecule has 146 valence electrons. The molecule has 0 aromatic heterocycles. The van der Waals surface area contributed by atoms with Crippen molar-refractivity contribution >= 4 is 0 Å². The quantitative estimate of drug-likeness (QED) is 0.545. The molecule has 0 N–H and O–H groups in total. The van der Waals surface area contributed by atoms with Crippen molar-refractivity contribution in [2.24, 2.45) is 11.8 Å². The highest BCUT2D eigenvalue weighted by atomic mass is 16.6. The van der Waals surface area contributed by atoms with E-state index in [1.807, 2.05) is 0 Å². The summed E-state index contributed by atoms with van der Waals surface area (Å²) in [5.74, 6) is 1.65. The Balaban J connectivity index is 0.000000269. The monoisotopic (exact) mass is 358 g/mol. The Labute approximate surface area is 160 Å². The lowest BCUT2D eigenvalue weighted by molar-refractivity contribution is -0.163. The van der Waals surface area contributed by atoms with Crippen LogP contribution in [0, 0.1) is 22.3 Å². The highest BCUT2D eigenvalue weighted by molar-refractivity contribution is 5.22. The van der Waals surface area contributed by atoms with Crippen LogP contribution >= 0.6 is 0 Å². The summed E-state index contributed by atoms with van der Waals surface area (Å²) in [5, 5.41) is 2.85. The predicted octanol–water partition coefficient (Wildman–Crippen LogP) is 6.24. The molecule has 1 aliphatic heterocycles. The minimum absolute atomic E-state index is 0.367. The summed E-state index contributed by atoms with van der Waals surface area (Å²) in [5.41, 5.74) is 0. The van der Waals surface area contributed by atoms with Gasteiger partial charge in [-0.2, -0.15) is 0 Å². The van der Waals surface area contributed by atoms with Crippen molar-refractivity contribution in [3.05, 3.63) is 34.7 Å². The van der Waals surface area contributed by atoms with Gasteiger partial charge in [-0.15, -0.1) is 0 Å². The van der Waals surface area contributed by atoms with Gasteiger partial charge in [0.15, 0.2) is 0 Å². The van der Waals surface area contributed by atoms with Gasteiger partial charge in [0.25, 0.3) is 0 Å². The summed E-state index contributed by atoms with van der Waals surface area (Å²) in [6, 6.07) is 8.48. The fourth-order valence-corrected chi connectivity index (χ4v) is 4.71. The lowest BCUT2D eigenvalue weighted by atomic mass is 9.74. The lowest BCUT2D eigenvalue weighted by Crippen LogP contribution is -2.43. The zero-order valence-electron chi connectivity index (χ0n) is 16.9.